The second kappa shape index (κ2) is 5.38. The van der Waals surface area contributed by atoms with E-state index < -0.39 is 18.1 Å². The second-order valence-corrected chi connectivity index (χ2v) is 4.39. The molecule has 1 aromatic heterocycles. The summed E-state index contributed by atoms with van der Waals surface area (Å²) in [6, 6.07) is 0. The van der Waals surface area contributed by atoms with E-state index in [1.165, 1.54) is 4.68 Å². The quantitative estimate of drug-likeness (QED) is 0.824. The van der Waals surface area contributed by atoms with Crippen LogP contribution in [0.5, 0.6) is 0 Å². The highest BCUT2D eigenvalue weighted by Gasteiger charge is 2.30. The molecule has 1 aliphatic rings. The van der Waals surface area contributed by atoms with Gasteiger partial charge in [0.2, 0.25) is 0 Å². The molecule has 7 heteroatoms. The molecule has 1 atom stereocenters. The molecule has 0 saturated heterocycles. The van der Waals surface area contributed by atoms with E-state index in [1.807, 2.05) is 0 Å². The Bertz CT molecular complexity index is 512. The molecule has 0 saturated carbocycles. The molecule has 1 N–H and O–H groups in total. The number of carbonyl (C=O) groups excluding carboxylic acids is 1. The number of carbonyl (C=O) groups is 2. The van der Waals surface area contributed by atoms with Crippen LogP contribution in [0.15, 0.2) is 0 Å². The standard InChI is InChI=1S/C12H15FN2O4/c1-2-19-12(18)11-8-5-7(13)3-4-9(8)15(14-11)6-10(16)17/h7H,2-6H2,1H3,(H,16,17). The van der Waals surface area contributed by atoms with Crippen LogP contribution >= 0.6 is 0 Å². The van der Waals surface area contributed by atoms with Crippen LogP contribution in [0.4, 0.5) is 4.39 Å². The number of carboxylic acid groups (broad SMARTS) is 1. The highest BCUT2D eigenvalue weighted by atomic mass is 19.1. The molecule has 0 bridgehead atoms. The zero-order valence-corrected chi connectivity index (χ0v) is 10.6. The van der Waals surface area contributed by atoms with Crippen molar-refractivity contribution in [3.05, 3.63) is 17.0 Å². The average Bonchev–Trinajstić information content (AvgIpc) is 2.67. The lowest BCUT2D eigenvalue weighted by molar-refractivity contribution is -0.137. The van der Waals surface area contributed by atoms with Crippen LogP contribution in [0.1, 0.15) is 35.1 Å². The van der Waals surface area contributed by atoms with Crippen LogP contribution in [0.25, 0.3) is 0 Å². The normalized spacial score (nSPS) is 17.9. The lowest BCUT2D eigenvalue weighted by atomic mass is 9.94. The summed E-state index contributed by atoms with van der Waals surface area (Å²) in [5.74, 6) is -1.68. The van der Waals surface area contributed by atoms with Crippen LogP contribution in [0.2, 0.25) is 0 Å². The zero-order chi connectivity index (χ0) is 14.0. The summed E-state index contributed by atoms with van der Waals surface area (Å²) in [5.41, 5.74) is 1.15. The maximum absolute atomic E-state index is 13.5. The molecule has 1 heterocycles. The molecule has 2 rings (SSSR count). The molecular weight excluding hydrogens is 255 g/mol. The van der Waals surface area contributed by atoms with E-state index >= 15 is 0 Å². The van der Waals surface area contributed by atoms with E-state index in [2.05, 4.69) is 5.10 Å². The van der Waals surface area contributed by atoms with E-state index in [-0.39, 0.29) is 25.3 Å². The van der Waals surface area contributed by atoms with Crippen LogP contribution in [0, 0.1) is 0 Å². The number of fused-ring (bicyclic) bond motifs is 1. The van der Waals surface area contributed by atoms with Gasteiger partial charge in [-0.05, 0) is 19.8 Å². The molecule has 0 fully saturated rings. The maximum atomic E-state index is 13.5. The monoisotopic (exact) mass is 270 g/mol. The summed E-state index contributed by atoms with van der Waals surface area (Å²) in [7, 11) is 0. The number of hydrogen-bond acceptors (Lipinski definition) is 4. The summed E-state index contributed by atoms with van der Waals surface area (Å²) in [4.78, 5) is 22.5. The van der Waals surface area contributed by atoms with E-state index in [0.717, 1.165) is 0 Å². The predicted octanol–water partition coefficient (Wildman–Crippen LogP) is 0.971. The Morgan fingerprint density at radius 1 is 1.58 bits per heavy atom. The Morgan fingerprint density at radius 3 is 2.95 bits per heavy atom. The number of carboxylic acids is 1. The number of alkyl halides is 1. The Morgan fingerprint density at radius 2 is 2.32 bits per heavy atom. The lowest BCUT2D eigenvalue weighted by Gasteiger charge is -2.16. The van der Waals surface area contributed by atoms with Crippen LogP contribution in [0.3, 0.4) is 0 Å². The number of halogens is 1. The number of hydrogen-bond donors (Lipinski definition) is 1. The van der Waals surface area contributed by atoms with Gasteiger partial charge in [0.1, 0.15) is 12.7 Å². The third-order valence-corrected chi connectivity index (χ3v) is 3.04. The average molecular weight is 270 g/mol. The first kappa shape index (κ1) is 13.5. The predicted molar refractivity (Wildman–Crippen MR) is 62.7 cm³/mol. The van der Waals surface area contributed by atoms with Crippen molar-refractivity contribution in [2.45, 2.75) is 38.9 Å². The van der Waals surface area contributed by atoms with E-state index in [1.54, 1.807) is 6.92 Å². The minimum absolute atomic E-state index is 0.0421. The highest BCUT2D eigenvalue weighted by Crippen LogP contribution is 2.26. The van der Waals surface area contributed by atoms with Gasteiger partial charge >= 0.3 is 11.9 Å². The number of aromatic nitrogens is 2. The first-order chi connectivity index (χ1) is 9.02. The van der Waals surface area contributed by atoms with Crippen LogP contribution in [-0.4, -0.2) is 39.6 Å². The zero-order valence-electron chi connectivity index (χ0n) is 10.6. The summed E-state index contributed by atoms with van der Waals surface area (Å²) < 4.78 is 19.6. The Balaban J connectivity index is 2.40. The molecule has 1 aliphatic carbocycles. The minimum atomic E-state index is -1.05. The number of ether oxygens (including phenoxy) is 1. The molecule has 0 aliphatic heterocycles. The van der Waals surface area contributed by atoms with Crippen molar-refractivity contribution in [2.75, 3.05) is 6.61 Å². The smallest absolute Gasteiger partial charge is 0.359 e. The van der Waals surface area contributed by atoms with Gasteiger partial charge in [-0.1, -0.05) is 0 Å². The Labute approximate surface area is 109 Å². The number of esters is 1. The molecule has 0 spiro atoms. The summed E-state index contributed by atoms with van der Waals surface area (Å²) in [6.07, 6.45) is -0.233. The van der Waals surface area contributed by atoms with Crippen molar-refractivity contribution in [2.24, 2.45) is 0 Å². The van der Waals surface area contributed by atoms with E-state index in [4.69, 9.17) is 9.84 Å². The van der Waals surface area contributed by atoms with Crippen LogP contribution < -0.4 is 0 Å². The van der Waals surface area contributed by atoms with Crippen LogP contribution in [-0.2, 0) is 28.9 Å². The van der Waals surface area contributed by atoms with Crippen molar-refractivity contribution >= 4 is 11.9 Å². The fourth-order valence-corrected chi connectivity index (χ4v) is 2.27. The summed E-state index contributed by atoms with van der Waals surface area (Å²) in [6.45, 7) is 1.52. The number of aliphatic carboxylic acids is 1. The Kier molecular flexibility index (Phi) is 3.82. The molecule has 0 amide bonds. The van der Waals surface area contributed by atoms with Gasteiger partial charge in [0, 0.05) is 17.7 Å². The van der Waals surface area contributed by atoms with Crippen molar-refractivity contribution in [1.82, 2.24) is 9.78 Å². The van der Waals surface area contributed by atoms with Gasteiger partial charge in [-0.15, -0.1) is 0 Å². The number of rotatable bonds is 4. The molecule has 0 aromatic carbocycles. The van der Waals surface area contributed by atoms with E-state index in [9.17, 15) is 14.0 Å². The summed E-state index contributed by atoms with van der Waals surface area (Å²) in [5, 5.41) is 12.8. The topological polar surface area (TPSA) is 81.4 Å². The lowest BCUT2D eigenvalue weighted by Crippen LogP contribution is -2.19. The van der Waals surface area contributed by atoms with Gasteiger partial charge < -0.3 is 9.84 Å². The van der Waals surface area contributed by atoms with Crippen molar-refractivity contribution < 1.29 is 23.8 Å². The van der Waals surface area contributed by atoms with Crippen molar-refractivity contribution in [1.29, 1.82) is 0 Å². The molecular formula is C12H15FN2O4. The fourth-order valence-electron chi connectivity index (χ4n) is 2.27. The van der Waals surface area contributed by atoms with Gasteiger partial charge in [-0.25, -0.2) is 9.18 Å². The highest BCUT2D eigenvalue weighted by molar-refractivity contribution is 5.89. The molecule has 104 valence electrons. The molecule has 19 heavy (non-hydrogen) atoms. The Hall–Kier alpha value is -1.92. The van der Waals surface area contributed by atoms with Gasteiger partial charge in [0.05, 0.1) is 6.61 Å². The van der Waals surface area contributed by atoms with Crippen molar-refractivity contribution in [3.8, 4) is 0 Å². The maximum Gasteiger partial charge on any atom is 0.359 e. The molecule has 1 aromatic rings. The fraction of sp³-hybridized carbons (Fsp3) is 0.583. The molecule has 1 unspecified atom stereocenters. The van der Waals surface area contributed by atoms with Gasteiger partial charge in [-0.2, -0.15) is 5.10 Å². The SMILES string of the molecule is CCOC(=O)c1nn(CC(=O)O)c2c1CC(F)CC2. The first-order valence-corrected chi connectivity index (χ1v) is 6.14. The molecule has 0 radical (unpaired) electrons. The largest absolute Gasteiger partial charge is 0.480 e. The molecule has 6 nitrogen and oxygen atoms in total. The minimum Gasteiger partial charge on any atom is -0.480 e. The number of nitrogens with zero attached hydrogens (tertiary/aromatic N) is 2. The van der Waals surface area contributed by atoms with Gasteiger partial charge in [0.15, 0.2) is 5.69 Å². The van der Waals surface area contributed by atoms with Gasteiger partial charge in [0.25, 0.3) is 0 Å². The first-order valence-electron chi connectivity index (χ1n) is 6.14. The van der Waals surface area contributed by atoms with Crippen molar-refractivity contribution in [3.63, 3.8) is 0 Å². The third kappa shape index (κ3) is 2.74. The summed E-state index contributed by atoms with van der Waals surface area (Å²) >= 11 is 0. The van der Waals surface area contributed by atoms with Gasteiger partial charge in [-0.3, -0.25) is 9.48 Å². The van der Waals surface area contributed by atoms with E-state index in [0.29, 0.717) is 24.1 Å². The second-order valence-electron chi connectivity index (χ2n) is 4.39. The third-order valence-electron chi connectivity index (χ3n) is 3.04.